The van der Waals surface area contributed by atoms with Crippen molar-refractivity contribution in [2.75, 3.05) is 13.2 Å². The second-order valence-electron chi connectivity index (χ2n) is 5.54. The van der Waals surface area contributed by atoms with Crippen molar-refractivity contribution in [2.45, 2.75) is 20.3 Å². The molecule has 28 heavy (non-hydrogen) atoms. The summed E-state index contributed by atoms with van der Waals surface area (Å²) in [6.07, 6.45) is 1.20. The highest BCUT2D eigenvalue weighted by Crippen LogP contribution is 2.33. The molecule has 0 spiro atoms. The van der Waals surface area contributed by atoms with Crippen LogP contribution < -0.4 is 14.9 Å². The highest BCUT2D eigenvalue weighted by molar-refractivity contribution is 6.33. The third-order valence-corrected chi connectivity index (χ3v) is 3.92. The molecular formula is C19H20ClN3O5. The Morgan fingerprint density at radius 3 is 2.50 bits per heavy atom. The molecule has 0 saturated heterocycles. The molecule has 9 heteroatoms. The van der Waals surface area contributed by atoms with E-state index in [9.17, 15) is 14.9 Å². The summed E-state index contributed by atoms with van der Waals surface area (Å²) in [5, 5.41) is 15.3. The van der Waals surface area contributed by atoms with Gasteiger partial charge in [0.2, 0.25) is 5.91 Å². The number of carbonyl (C=O) groups excluding carboxylic acids is 1. The van der Waals surface area contributed by atoms with Crippen molar-refractivity contribution in [1.82, 2.24) is 5.43 Å². The molecule has 0 atom stereocenters. The number of nitrogens with one attached hydrogen (secondary N) is 1. The lowest BCUT2D eigenvalue weighted by Gasteiger charge is -2.12. The molecule has 1 N–H and O–H groups in total. The van der Waals surface area contributed by atoms with Crippen LogP contribution in [0, 0.1) is 10.1 Å². The smallest absolute Gasteiger partial charge is 0.273 e. The van der Waals surface area contributed by atoms with Gasteiger partial charge >= 0.3 is 0 Å². The number of nitro benzene ring substituents is 1. The first kappa shape index (κ1) is 21.2. The Morgan fingerprint density at radius 2 is 1.86 bits per heavy atom. The number of hydrogen-bond donors (Lipinski definition) is 1. The Labute approximate surface area is 167 Å². The topological polar surface area (TPSA) is 103 Å². The van der Waals surface area contributed by atoms with Crippen molar-refractivity contribution >= 4 is 29.4 Å². The summed E-state index contributed by atoms with van der Waals surface area (Å²) in [6.45, 7) is 4.61. The van der Waals surface area contributed by atoms with Crippen LogP contribution in [0.3, 0.4) is 0 Å². The van der Waals surface area contributed by atoms with Gasteiger partial charge in [-0.3, -0.25) is 14.9 Å². The Hall–Kier alpha value is -3.13. The average Bonchev–Trinajstić information content (AvgIpc) is 2.65. The van der Waals surface area contributed by atoms with Crippen LogP contribution in [-0.4, -0.2) is 30.3 Å². The molecule has 0 aliphatic rings. The maximum atomic E-state index is 12.0. The van der Waals surface area contributed by atoms with E-state index in [0.717, 1.165) is 0 Å². The van der Waals surface area contributed by atoms with Crippen LogP contribution in [0.5, 0.6) is 11.5 Å². The Balaban J connectivity index is 2.09. The fourth-order valence-corrected chi connectivity index (χ4v) is 2.61. The van der Waals surface area contributed by atoms with Crippen LogP contribution in [0.4, 0.5) is 5.69 Å². The zero-order valence-corrected chi connectivity index (χ0v) is 16.2. The van der Waals surface area contributed by atoms with Gasteiger partial charge in [-0.25, -0.2) is 5.43 Å². The van der Waals surface area contributed by atoms with Gasteiger partial charge in [0.1, 0.15) is 0 Å². The number of para-hydroxylation sites is 1. The number of ether oxygens (including phenoxy) is 2. The molecule has 2 aromatic carbocycles. The van der Waals surface area contributed by atoms with E-state index in [1.165, 1.54) is 18.3 Å². The summed E-state index contributed by atoms with van der Waals surface area (Å²) in [4.78, 5) is 22.5. The van der Waals surface area contributed by atoms with Crippen molar-refractivity contribution in [1.29, 1.82) is 0 Å². The number of benzene rings is 2. The number of hydrogen-bond acceptors (Lipinski definition) is 6. The zero-order valence-electron chi connectivity index (χ0n) is 15.5. The minimum Gasteiger partial charge on any atom is -0.490 e. The third kappa shape index (κ3) is 5.68. The van der Waals surface area contributed by atoms with E-state index >= 15 is 0 Å². The van der Waals surface area contributed by atoms with Crippen molar-refractivity contribution in [3.8, 4) is 11.5 Å². The second-order valence-corrected chi connectivity index (χ2v) is 5.95. The van der Waals surface area contributed by atoms with E-state index in [2.05, 4.69) is 10.5 Å². The summed E-state index contributed by atoms with van der Waals surface area (Å²) >= 11 is 6.22. The van der Waals surface area contributed by atoms with Crippen molar-refractivity contribution in [2.24, 2.45) is 5.10 Å². The minimum atomic E-state index is -0.527. The van der Waals surface area contributed by atoms with E-state index in [1.54, 1.807) is 24.3 Å². The van der Waals surface area contributed by atoms with Crippen LogP contribution in [0.2, 0.25) is 5.02 Å². The average molecular weight is 406 g/mol. The van der Waals surface area contributed by atoms with E-state index < -0.39 is 10.8 Å². The highest BCUT2D eigenvalue weighted by Gasteiger charge is 2.15. The van der Waals surface area contributed by atoms with E-state index in [4.69, 9.17) is 21.1 Å². The molecule has 0 heterocycles. The van der Waals surface area contributed by atoms with Gasteiger partial charge < -0.3 is 9.47 Å². The summed E-state index contributed by atoms with van der Waals surface area (Å²) in [5.74, 6) is 0.547. The molecular weight excluding hydrogens is 386 g/mol. The molecule has 0 unspecified atom stereocenters. The lowest BCUT2D eigenvalue weighted by Crippen LogP contribution is -2.20. The molecule has 0 aliphatic heterocycles. The molecule has 0 bridgehead atoms. The van der Waals surface area contributed by atoms with Gasteiger partial charge in [-0.2, -0.15) is 5.10 Å². The van der Waals surface area contributed by atoms with Crippen LogP contribution in [0.15, 0.2) is 41.5 Å². The summed E-state index contributed by atoms with van der Waals surface area (Å²) in [5.41, 5.74) is 3.06. The number of rotatable bonds is 9. The molecule has 0 fully saturated rings. The van der Waals surface area contributed by atoms with Crippen molar-refractivity contribution in [3.05, 3.63) is 62.7 Å². The van der Waals surface area contributed by atoms with Crippen LogP contribution in [-0.2, 0) is 11.2 Å². The molecule has 2 aromatic rings. The molecule has 0 aliphatic carbocycles. The lowest BCUT2D eigenvalue weighted by atomic mass is 10.1. The number of halogens is 1. The number of carbonyl (C=O) groups is 1. The van der Waals surface area contributed by atoms with Gasteiger partial charge in [0, 0.05) is 23.3 Å². The number of hydrazone groups is 1. The number of nitro groups is 1. The van der Waals surface area contributed by atoms with Crippen LogP contribution >= 0.6 is 11.6 Å². The molecule has 8 nitrogen and oxygen atoms in total. The summed E-state index contributed by atoms with van der Waals surface area (Å²) in [7, 11) is 0. The largest absolute Gasteiger partial charge is 0.490 e. The first-order chi connectivity index (χ1) is 13.5. The molecule has 1 amide bonds. The minimum absolute atomic E-state index is 0.113. The second kappa shape index (κ2) is 10.3. The first-order valence-corrected chi connectivity index (χ1v) is 8.97. The van der Waals surface area contributed by atoms with Crippen molar-refractivity contribution in [3.63, 3.8) is 0 Å². The number of amides is 1. The predicted molar refractivity (Wildman–Crippen MR) is 106 cm³/mol. The van der Waals surface area contributed by atoms with E-state index in [0.29, 0.717) is 40.9 Å². The molecule has 148 valence electrons. The predicted octanol–water partition coefficient (Wildman–Crippen LogP) is 3.74. The van der Waals surface area contributed by atoms with Gasteiger partial charge in [0.05, 0.1) is 35.8 Å². The first-order valence-electron chi connectivity index (χ1n) is 8.59. The van der Waals surface area contributed by atoms with Gasteiger partial charge in [-0.1, -0.05) is 29.8 Å². The summed E-state index contributed by atoms with van der Waals surface area (Å²) in [6, 6.07) is 9.33. The van der Waals surface area contributed by atoms with Gasteiger partial charge in [-0.15, -0.1) is 0 Å². The quantitative estimate of drug-likeness (QED) is 0.389. The zero-order chi connectivity index (χ0) is 20.5. The Kier molecular flexibility index (Phi) is 7.76. The number of nitrogens with zero attached hydrogens (tertiary/aromatic N) is 2. The fraction of sp³-hybridized carbons (Fsp3) is 0.263. The molecule has 0 saturated carbocycles. The van der Waals surface area contributed by atoms with Gasteiger partial charge in [0.15, 0.2) is 11.5 Å². The van der Waals surface area contributed by atoms with E-state index in [-0.39, 0.29) is 12.1 Å². The monoisotopic (exact) mass is 405 g/mol. The molecule has 0 aromatic heterocycles. The third-order valence-electron chi connectivity index (χ3n) is 3.59. The van der Waals surface area contributed by atoms with Crippen LogP contribution in [0.25, 0.3) is 0 Å². The fourth-order valence-electron chi connectivity index (χ4n) is 2.41. The Bertz CT molecular complexity index is 886. The van der Waals surface area contributed by atoms with E-state index in [1.807, 2.05) is 13.8 Å². The Morgan fingerprint density at radius 1 is 1.21 bits per heavy atom. The van der Waals surface area contributed by atoms with Crippen LogP contribution in [0.1, 0.15) is 25.0 Å². The van der Waals surface area contributed by atoms with Gasteiger partial charge in [0.25, 0.3) is 5.69 Å². The normalized spacial score (nSPS) is 10.7. The SMILES string of the molecule is CCOc1cc(Cl)c(/C=N/NC(=O)Cc2ccccc2[N+](=O)[O-])cc1OCC. The lowest BCUT2D eigenvalue weighted by molar-refractivity contribution is -0.385. The van der Waals surface area contributed by atoms with Crippen molar-refractivity contribution < 1.29 is 19.2 Å². The standard InChI is InChI=1S/C19H20ClN3O5/c1-3-27-17-9-14(15(20)11-18(17)28-4-2)12-21-22-19(24)10-13-7-5-6-8-16(13)23(25)26/h5-9,11-12H,3-4,10H2,1-2H3,(H,22,24)/b21-12+. The molecule has 2 rings (SSSR count). The maximum absolute atomic E-state index is 12.0. The summed E-state index contributed by atoms with van der Waals surface area (Å²) < 4.78 is 11.0. The van der Waals surface area contributed by atoms with Gasteiger partial charge in [-0.05, 0) is 19.9 Å². The maximum Gasteiger partial charge on any atom is 0.273 e. The molecule has 0 radical (unpaired) electrons. The highest BCUT2D eigenvalue weighted by atomic mass is 35.5.